The number of esters is 1. The van der Waals surface area contributed by atoms with Crippen LogP contribution >= 0.6 is 0 Å². The topological polar surface area (TPSA) is 75.6 Å². The van der Waals surface area contributed by atoms with E-state index in [1.54, 1.807) is 11.8 Å². The second-order valence-corrected chi connectivity index (χ2v) is 8.95. The molecule has 1 aliphatic heterocycles. The van der Waals surface area contributed by atoms with Crippen molar-refractivity contribution in [1.82, 2.24) is 19.8 Å². The molecule has 2 heterocycles. The van der Waals surface area contributed by atoms with E-state index in [1.165, 1.54) is 5.56 Å². The maximum absolute atomic E-state index is 13.8. The van der Waals surface area contributed by atoms with Gasteiger partial charge in [-0.1, -0.05) is 74.5 Å². The first-order chi connectivity index (χ1) is 17.0. The first kappa shape index (κ1) is 24.5. The molecular formula is C28H32N4O3. The lowest BCUT2D eigenvalue weighted by Crippen LogP contribution is -2.48. The largest absolute Gasteiger partial charge is 0.462 e. The molecule has 0 bridgehead atoms. The minimum Gasteiger partial charge on any atom is -0.462 e. The van der Waals surface area contributed by atoms with Crippen molar-refractivity contribution in [3.05, 3.63) is 83.2 Å². The van der Waals surface area contributed by atoms with Crippen LogP contribution in [0, 0.1) is 0 Å². The number of rotatable bonds is 7. The quantitative estimate of drug-likeness (QED) is 0.475. The van der Waals surface area contributed by atoms with E-state index in [2.05, 4.69) is 22.0 Å². The van der Waals surface area contributed by atoms with Crippen LogP contribution < -0.4 is 0 Å². The molecule has 4 rings (SSSR count). The Morgan fingerprint density at radius 1 is 0.914 bits per heavy atom. The van der Waals surface area contributed by atoms with E-state index in [1.807, 2.05) is 62.4 Å². The minimum absolute atomic E-state index is 0.0888. The summed E-state index contributed by atoms with van der Waals surface area (Å²) in [6.45, 7) is 9.35. The Morgan fingerprint density at radius 3 is 2.14 bits per heavy atom. The molecule has 0 N–H and O–H groups in total. The van der Waals surface area contributed by atoms with E-state index < -0.39 is 5.97 Å². The summed E-state index contributed by atoms with van der Waals surface area (Å²) in [5, 5.41) is 0. The van der Waals surface area contributed by atoms with E-state index in [-0.39, 0.29) is 29.7 Å². The van der Waals surface area contributed by atoms with Crippen LogP contribution in [0.25, 0.3) is 11.4 Å². The van der Waals surface area contributed by atoms with Crippen molar-refractivity contribution in [1.29, 1.82) is 0 Å². The van der Waals surface area contributed by atoms with Crippen molar-refractivity contribution in [2.24, 2.45) is 0 Å². The number of ether oxygens (including phenoxy) is 1. The Labute approximate surface area is 206 Å². The molecule has 0 unspecified atom stereocenters. The van der Waals surface area contributed by atoms with Gasteiger partial charge in [0, 0.05) is 38.3 Å². The van der Waals surface area contributed by atoms with Crippen molar-refractivity contribution in [2.75, 3.05) is 32.8 Å². The first-order valence-electron chi connectivity index (χ1n) is 12.2. The molecule has 0 saturated carbocycles. The number of nitrogens with zero attached hydrogens (tertiary/aromatic N) is 4. The Bertz CT molecular complexity index is 1160. The van der Waals surface area contributed by atoms with Crippen molar-refractivity contribution >= 4 is 11.9 Å². The Hall–Kier alpha value is -3.58. The van der Waals surface area contributed by atoms with Gasteiger partial charge < -0.3 is 9.64 Å². The van der Waals surface area contributed by atoms with Crippen LogP contribution in [0.3, 0.4) is 0 Å². The number of hydrogen-bond donors (Lipinski definition) is 0. The molecule has 0 atom stereocenters. The molecule has 7 nitrogen and oxygen atoms in total. The second-order valence-electron chi connectivity index (χ2n) is 8.95. The molecule has 1 saturated heterocycles. The van der Waals surface area contributed by atoms with Crippen molar-refractivity contribution in [3.8, 4) is 11.4 Å². The van der Waals surface area contributed by atoms with Crippen LogP contribution in [0.2, 0.25) is 0 Å². The van der Waals surface area contributed by atoms with Gasteiger partial charge in [-0.05, 0) is 18.4 Å². The predicted molar refractivity (Wildman–Crippen MR) is 135 cm³/mol. The van der Waals surface area contributed by atoms with Gasteiger partial charge in [-0.3, -0.25) is 9.69 Å². The van der Waals surface area contributed by atoms with Gasteiger partial charge >= 0.3 is 5.97 Å². The summed E-state index contributed by atoms with van der Waals surface area (Å²) in [4.78, 5) is 40.2. The van der Waals surface area contributed by atoms with Crippen LogP contribution in [0.5, 0.6) is 0 Å². The third kappa shape index (κ3) is 5.74. The average molecular weight is 473 g/mol. The molecule has 0 radical (unpaired) electrons. The highest BCUT2D eigenvalue weighted by Gasteiger charge is 2.32. The molecular weight excluding hydrogens is 440 g/mol. The molecule has 35 heavy (non-hydrogen) atoms. The number of carbonyl (C=O) groups is 2. The minimum atomic E-state index is -0.554. The fourth-order valence-corrected chi connectivity index (χ4v) is 4.27. The average Bonchev–Trinajstić information content (AvgIpc) is 2.89. The molecule has 1 fully saturated rings. The molecule has 0 aliphatic carbocycles. The zero-order chi connectivity index (χ0) is 24.8. The van der Waals surface area contributed by atoms with Gasteiger partial charge in [-0.2, -0.15) is 0 Å². The van der Waals surface area contributed by atoms with E-state index in [0.717, 1.165) is 25.2 Å². The summed E-state index contributed by atoms with van der Waals surface area (Å²) in [6.07, 6.45) is 0. The van der Waals surface area contributed by atoms with Gasteiger partial charge in [0.15, 0.2) is 5.82 Å². The summed E-state index contributed by atoms with van der Waals surface area (Å²) in [5.74, 6) is -0.460. The highest BCUT2D eigenvalue weighted by atomic mass is 16.5. The Morgan fingerprint density at radius 2 is 1.54 bits per heavy atom. The molecule has 7 heteroatoms. The zero-order valence-electron chi connectivity index (χ0n) is 20.6. The number of carbonyl (C=O) groups excluding carboxylic acids is 2. The van der Waals surface area contributed by atoms with Gasteiger partial charge in [0.05, 0.1) is 12.3 Å². The number of amides is 1. The fraction of sp³-hybridized carbons (Fsp3) is 0.357. The first-order valence-corrected chi connectivity index (χ1v) is 12.2. The summed E-state index contributed by atoms with van der Waals surface area (Å²) in [7, 11) is 0. The van der Waals surface area contributed by atoms with Gasteiger partial charge in [0.25, 0.3) is 5.91 Å². The lowest BCUT2D eigenvalue weighted by molar-refractivity contribution is 0.0506. The zero-order valence-corrected chi connectivity index (χ0v) is 20.6. The summed E-state index contributed by atoms with van der Waals surface area (Å²) in [6, 6.07) is 19.8. The smallest absolute Gasteiger partial charge is 0.342 e. The normalized spacial score (nSPS) is 14.2. The molecule has 0 spiro atoms. The number of hydrogen-bond acceptors (Lipinski definition) is 6. The molecule has 2 aromatic carbocycles. The number of benzene rings is 2. The van der Waals surface area contributed by atoms with Gasteiger partial charge in [0.2, 0.25) is 0 Å². The van der Waals surface area contributed by atoms with E-state index in [4.69, 9.17) is 9.72 Å². The van der Waals surface area contributed by atoms with Crippen LogP contribution in [-0.4, -0.2) is 64.4 Å². The maximum Gasteiger partial charge on any atom is 0.342 e. The van der Waals surface area contributed by atoms with Crippen molar-refractivity contribution < 1.29 is 14.3 Å². The standard InChI is InChI=1S/C28H32N4O3/c1-4-35-28(34)23-24(20(2)3)29-26(22-13-9-6-10-14-22)30-25(23)27(33)32-17-15-31(16-18-32)19-21-11-7-5-8-12-21/h5-14,20H,4,15-19H2,1-3H3. The second kappa shape index (κ2) is 11.2. The van der Waals surface area contributed by atoms with E-state index >= 15 is 0 Å². The molecule has 1 amide bonds. The predicted octanol–water partition coefficient (Wildman–Crippen LogP) is 4.40. The lowest BCUT2D eigenvalue weighted by Gasteiger charge is -2.35. The molecule has 1 aliphatic rings. The third-order valence-electron chi connectivity index (χ3n) is 6.11. The SMILES string of the molecule is CCOC(=O)c1c(C(=O)N2CCN(Cc3ccccc3)CC2)nc(-c2ccccc2)nc1C(C)C. The fourth-order valence-electron chi connectivity index (χ4n) is 4.27. The van der Waals surface area contributed by atoms with Gasteiger partial charge in [-0.15, -0.1) is 0 Å². The molecule has 1 aromatic heterocycles. The van der Waals surface area contributed by atoms with Crippen molar-refractivity contribution in [3.63, 3.8) is 0 Å². The number of aromatic nitrogens is 2. The van der Waals surface area contributed by atoms with Crippen LogP contribution in [0.1, 0.15) is 58.8 Å². The van der Waals surface area contributed by atoms with Crippen LogP contribution in [-0.2, 0) is 11.3 Å². The van der Waals surface area contributed by atoms with Crippen molar-refractivity contribution in [2.45, 2.75) is 33.2 Å². The summed E-state index contributed by atoms with van der Waals surface area (Å²) in [5.41, 5.74) is 2.88. The van der Waals surface area contributed by atoms with Gasteiger partial charge in [-0.25, -0.2) is 14.8 Å². The third-order valence-corrected chi connectivity index (χ3v) is 6.11. The van der Waals surface area contributed by atoms with Gasteiger partial charge in [0.1, 0.15) is 11.3 Å². The summed E-state index contributed by atoms with van der Waals surface area (Å²) < 4.78 is 5.33. The summed E-state index contributed by atoms with van der Waals surface area (Å²) >= 11 is 0. The highest BCUT2D eigenvalue weighted by molar-refractivity contribution is 6.05. The van der Waals surface area contributed by atoms with E-state index in [9.17, 15) is 9.59 Å². The van der Waals surface area contributed by atoms with Crippen LogP contribution in [0.4, 0.5) is 0 Å². The highest BCUT2D eigenvalue weighted by Crippen LogP contribution is 2.26. The Kier molecular flexibility index (Phi) is 7.87. The lowest BCUT2D eigenvalue weighted by atomic mass is 10.0. The maximum atomic E-state index is 13.8. The number of piperazine rings is 1. The monoisotopic (exact) mass is 472 g/mol. The van der Waals surface area contributed by atoms with E-state index in [0.29, 0.717) is 24.6 Å². The molecule has 3 aromatic rings. The Balaban J connectivity index is 1.64. The van der Waals surface area contributed by atoms with Crippen LogP contribution in [0.15, 0.2) is 60.7 Å². The molecule has 182 valence electrons.